The predicted octanol–water partition coefficient (Wildman–Crippen LogP) is 3.38. The molecular formula is C18H23N3O. The number of hydrogen-bond donors (Lipinski definition) is 1. The van der Waals surface area contributed by atoms with Crippen LogP contribution in [0, 0.1) is 31.1 Å². The number of benzene rings is 1. The van der Waals surface area contributed by atoms with Gasteiger partial charge in [-0.3, -0.25) is 4.79 Å². The predicted molar refractivity (Wildman–Crippen MR) is 88.2 cm³/mol. The molecule has 1 aromatic rings. The van der Waals surface area contributed by atoms with E-state index >= 15 is 0 Å². The molecule has 0 aromatic heterocycles. The number of nitrogens with one attached hydrogen (secondary N) is 1. The number of amides is 1. The van der Waals surface area contributed by atoms with Crippen LogP contribution in [0.4, 0.5) is 5.69 Å². The highest BCUT2D eigenvalue weighted by Crippen LogP contribution is 2.19. The van der Waals surface area contributed by atoms with E-state index in [4.69, 9.17) is 0 Å². The molecule has 0 bridgehead atoms. The second-order valence-electron chi connectivity index (χ2n) is 6.15. The minimum Gasteiger partial charge on any atom is -0.376 e. The number of hydrogen-bond acceptors (Lipinski definition) is 3. The Bertz CT molecular complexity index is 620. The van der Waals surface area contributed by atoms with Crippen LogP contribution in [0.5, 0.6) is 0 Å². The van der Waals surface area contributed by atoms with E-state index in [-0.39, 0.29) is 11.5 Å². The summed E-state index contributed by atoms with van der Waals surface area (Å²) in [6, 6.07) is 7.85. The van der Waals surface area contributed by atoms with Crippen molar-refractivity contribution in [3.63, 3.8) is 0 Å². The molecule has 1 aromatic carbocycles. The lowest BCUT2D eigenvalue weighted by Gasteiger charge is -2.29. The highest BCUT2D eigenvalue weighted by molar-refractivity contribution is 6.06. The maximum absolute atomic E-state index is 12.3. The molecule has 4 heteroatoms. The molecule has 0 saturated carbocycles. The second-order valence-corrected chi connectivity index (χ2v) is 6.15. The molecule has 0 atom stereocenters. The molecule has 1 fully saturated rings. The van der Waals surface area contributed by atoms with Crippen molar-refractivity contribution in [3.8, 4) is 6.07 Å². The Labute approximate surface area is 132 Å². The molecule has 1 aliphatic rings. The van der Waals surface area contributed by atoms with Gasteiger partial charge < -0.3 is 10.2 Å². The lowest BCUT2D eigenvalue weighted by Crippen LogP contribution is -2.29. The molecule has 1 N–H and O–H groups in total. The van der Waals surface area contributed by atoms with Crippen molar-refractivity contribution < 1.29 is 4.79 Å². The first kappa shape index (κ1) is 16.1. The molecule has 0 aliphatic carbocycles. The van der Waals surface area contributed by atoms with Crippen molar-refractivity contribution >= 4 is 11.6 Å². The van der Waals surface area contributed by atoms with E-state index in [0.717, 1.165) is 48.7 Å². The zero-order valence-corrected chi connectivity index (χ0v) is 13.5. The van der Waals surface area contributed by atoms with E-state index in [9.17, 15) is 10.1 Å². The van der Waals surface area contributed by atoms with Crippen LogP contribution in [0.2, 0.25) is 0 Å². The Balaban J connectivity index is 2.07. The molecule has 1 aliphatic heterocycles. The molecule has 2 rings (SSSR count). The highest BCUT2D eigenvalue weighted by atomic mass is 16.1. The summed E-state index contributed by atoms with van der Waals surface area (Å²) >= 11 is 0. The molecule has 0 spiro atoms. The number of rotatable bonds is 3. The second kappa shape index (κ2) is 7.13. The average molecular weight is 297 g/mol. The Hall–Kier alpha value is -2.28. The summed E-state index contributed by atoms with van der Waals surface area (Å²) in [5.41, 5.74) is 3.06. The Morgan fingerprint density at radius 3 is 2.64 bits per heavy atom. The molecule has 116 valence electrons. The minimum atomic E-state index is -0.340. The number of nitriles is 1. The smallest absolute Gasteiger partial charge is 0.267 e. The van der Waals surface area contributed by atoms with E-state index in [2.05, 4.69) is 17.1 Å². The van der Waals surface area contributed by atoms with Crippen molar-refractivity contribution in [1.82, 2.24) is 4.90 Å². The van der Waals surface area contributed by atoms with Crippen molar-refractivity contribution in [2.24, 2.45) is 5.92 Å². The fourth-order valence-corrected chi connectivity index (χ4v) is 2.62. The van der Waals surface area contributed by atoms with Gasteiger partial charge in [0.25, 0.3) is 5.91 Å². The Morgan fingerprint density at radius 2 is 2.05 bits per heavy atom. The summed E-state index contributed by atoms with van der Waals surface area (Å²) in [4.78, 5) is 14.4. The Kier molecular flexibility index (Phi) is 5.21. The van der Waals surface area contributed by atoms with E-state index in [1.165, 1.54) is 0 Å². The van der Waals surface area contributed by atoms with E-state index in [1.807, 2.05) is 38.1 Å². The quantitative estimate of drug-likeness (QED) is 0.687. The van der Waals surface area contributed by atoms with Crippen molar-refractivity contribution in [2.45, 2.75) is 33.6 Å². The summed E-state index contributed by atoms with van der Waals surface area (Å²) in [5, 5.41) is 12.1. The highest BCUT2D eigenvalue weighted by Gasteiger charge is 2.16. The first-order valence-electron chi connectivity index (χ1n) is 7.74. The SMILES string of the molecule is Cc1ccc(NC(=O)/C(C#N)=C\N2CCC(C)CC2)c(C)c1. The number of likely N-dealkylation sites (tertiary alicyclic amines) is 1. The molecule has 4 nitrogen and oxygen atoms in total. The van der Waals surface area contributed by atoms with E-state index < -0.39 is 0 Å². The van der Waals surface area contributed by atoms with Gasteiger partial charge >= 0.3 is 0 Å². The van der Waals surface area contributed by atoms with Crippen LogP contribution in [0.25, 0.3) is 0 Å². The average Bonchev–Trinajstić information content (AvgIpc) is 2.49. The first-order chi connectivity index (χ1) is 10.5. The molecule has 0 radical (unpaired) electrons. The maximum Gasteiger partial charge on any atom is 0.267 e. The molecule has 22 heavy (non-hydrogen) atoms. The van der Waals surface area contributed by atoms with Crippen LogP contribution in [-0.4, -0.2) is 23.9 Å². The van der Waals surface area contributed by atoms with Gasteiger partial charge in [-0.15, -0.1) is 0 Å². The van der Waals surface area contributed by atoms with Gasteiger partial charge in [0.2, 0.25) is 0 Å². The van der Waals surface area contributed by atoms with Crippen LogP contribution in [0.1, 0.15) is 30.9 Å². The summed E-state index contributed by atoms with van der Waals surface area (Å²) in [7, 11) is 0. The third-order valence-corrected chi connectivity index (χ3v) is 4.13. The number of anilines is 1. The van der Waals surface area contributed by atoms with Crippen LogP contribution in [0.3, 0.4) is 0 Å². The first-order valence-corrected chi connectivity index (χ1v) is 7.74. The molecule has 1 saturated heterocycles. The van der Waals surface area contributed by atoms with Gasteiger partial charge in [-0.2, -0.15) is 5.26 Å². The van der Waals surface area contributed by atoms with Crippen molar-refractivity contribution in [3.05, 3.63) is 41.1 Å². The normalized spacial score (nSPS) is 16.3. The van der Waals surface area contributed by atoms with Gasteiger partial charge in [0.1, 0.15) is 11.6 Å². The van der Waals surface area contributed by atoms with Gasteiger partial charge in [-0.1, -0.05) is 24.6 Å². The lowest BCUT2D eigenvalue weighted by atomic mass is 9.99. The third kappa shape index (κ3) is 4.11. The summed E-state index contributed by atoms with van der Waals surface area (Å²) in [5.74, 6) is 0.382. The van der Waals surface area contributed by atoms with Gasteiger partial charge in [0.15, 0.2) is 0 Å². The fraction of sp³-hybridized carbons (Fsp3) is 0.444. The topological polar surface area (TPSA) is 56.1 Å². The van der Waals surface area contributed by atoms with Crippen LogP contribution >= 0.6 is 0 Å². The number of carbonyl (C=O) groups excluding carboxylic acids is 1. The maximum atomic E-state index is 12.3. The number of nitrogens with zero attached hydrogens (tertiary/aromatic N) is 2. The standard InChI is InChI=1S/C18H23N3O/c1-13-6-8-21(9-7-13)12-16(11-19)18(22)20-17-5-4-14(2)10-15(17)3/h4-5,10,12-13H,6-9H2,1-3H3,(H,20,22)/b16-12-. The summed E-state index contributed by atoms with van der Waals surface area (Å²) in [6.45, 7) is 8.01. The van der Waals surface area contributed by atoms with Crippen molar-refractivity contribution in [2.75, 3.05) is 18.4 Å². The van der Waals surface area contributed by atoms with Crippen LogP contribution in [-0.2, 0) is 4.79 Å². The van der Waals surface area contributed by atoms with Gasteiger partial charge in [-0.25, -0.2) is 0 Å². The van der Waals surface area contributed by atoms with E-state index in [0.29, 0.717) is 0 Å². The van der Waals surface area contributed by atoms with Crippen LogP contribution in [0.15, 0.2) is 30.0 Å². The molecule has 1 amide bonds. The summed E-state index contributed by atoms with van der Waals surface area (Å²) < 4.78 is 0. The van der Waals surface area contributed by atoms with E-state index in [1.54, 1.807) is 6.20 Å². The molecular weight excluding hydrogens is 274 g/mol. The zero-order valence-electron chi connectivity index (χ0n) is 13.5. The fourth-order valence-electron chi connectivity index (χ4n) is 2.62. The monoisotopic (exact) mass is 297 g/mol. The lowest BCUT2D eigenvalue weighted by molar-refractivity contribution is -0.112. The van der Waals surface area contributed by atoms with Gasteiger partial charge in [0, 0.05) is 25.0 Å². The number of piperidine rings is 1. The van der Waals surface area contributed by atoms with Crippen LogP contribution < -0.4 is 5.32 Å². The molecule has 0 unspecified atom stereocenters. The summed E-state index contributed by atoms with van der Waals surface area (Å²) in [6.07, 6.45) is 3.91. The minimum absolute atomic E-state index is 0.162. The van der Waals surface area contributed by atoms with Gasteiger partial charge in [-0.05, 0) is 44.2 Å². The third-order valence-electron chi connectivity index (χ3n) is 4.13. The largest absolute Gasteiger partial charge is 0.376 e. The van der Waals surface area contributed by atoms with Crippen molar-refractivity contribution in [1.29, 1.82) is 5.26 Å². The number of carbonyl (C=O) groups is 1. The number of aryl methyl sites for hydroxylation is 2. The Morgan fingerprint density at radius 1 is 1.36 bits per heavy atom. The van der Waals surface area contributed by atoms with Gasteiger partial charge in [0.05, 0.1) is 0 Å². The zero-order chi connectivity index (χ0) is 16.1. The molecule has 1 heterocycles.